The standard InChI is InChI=1S/C16H21BrO/c1-8-4-9(2)15(17)10(3)14(8)16(18)13-6-11-5-12(11)7-13/h4,11-13,16,18H,5-7H2,1-3H3. The van der Waals surface area contributed by atoms with E-state index in [0.717, 1.165) is 16.3 Å². The molecular formula is C16H21BrO. The Balaban J connectivity index is 1.93. The van der Waals surface area contributed by atoms with Crippen LogP contribution in [0.4, 0.5) is 0 Å². The molecule has 3 rings (SSSR count). The molecular weight excluding hydrogens is 288 g/mol. The number of aryl methyl sites for hydroxylation is 2. The van der Waals surface area contributed by atoms with Gasteiger partial charge in [0.15, 0.2) is 0 Å². The molecule has 0 amide bonds. The van der Waals surface area contributed by atoms with E-state index in [1.807, 2.05) is 0 Å². The summed E-state index contributed by atoms with van der Waals surface area (Å²) in [7, 11) is 0. The fraction of sp³-hybridized carbons (Fsp3) is 0.625. The van der Waals surface area contributed by atoms with E-state index in [4.69, 9.17) is 0 Å². The van der Waals surface area contributed by atoms with Gasteiger partial charge < -0.3 is 5.11 Å². The molecule has 18 heavy (non-hydrogen) atoms. The lowest BCUT2D eigenvalue weighted by molar-refractivity contribution is 0.103. The predicted molar refractivity (Wildman–Crippen MR) is 77.6 cm³/mol. The molecule has 2 fully saturated rings. The van der Waals surface area contributed by atoms with E-state index in [2.05, 4.69) is 42.8 Å². The molecule has 2 aliphatic carbocycles. The van der Waals surface area contributed by atoms with Crippen LogP contribution in [0.2, 0.25) is 0 Å². The lowest BCUT2D eigenvalue weighted by Gasteiger charge is -2.24. The zero-order valence-electron chi connectivity index (χ0n) is 11.3. The number of rotatable bonds is 2. The minimum atomic E-state index is -0.269. The SMILES string of the molecule is Cc1cc(C)c(C(O)C2CC3CC3C2)c(C)c1Br. The minimum Gasteiger partial charge on any atom is -0.388 e. The van der Waals surface area contributed by atoms with E-state index in [-0.39, 0.29) is 6.10 Å². The van der Waals surface area contributed by atoms with Crippen LogP contribution >= 0.6 is 15.9 Å². The number of hydrogen-bond donors (Lipinski definition) is 1. The van der Waals surface area contributed by atoms with Gasteiger partial charge in [-0.2, -0.15) is 0 Å². The summed E-state index contributed by atoms with van der Waals surface area (Å²) in [5.74, 6) is 2.35. The van der Waals surface area contributed by atoms with Gasteiger partial charge in [-0.3, -0.25) is 0 Å². The van der Waals surface area contributed by atoms with Gasteiger partial charge >= 0.3 is 0 Å². The summed E-state index contributed by atoms with van der Waals surface area (Å²) in [6.07, 6.45) is 3.61. The summed E-state index contributed by atoms with van der Waals surface area (Å²) in [6, 6.07) is 2.19. The molecule has 0 heterocycles. The maximum atomic E-state index is 10.7. The van der Waals surface area contributed by atoms with E-state index in [9.17, 15) is 5.11 Å². The first-order valence-electron chi connectivity index (χ1n) is 6.93. The average molecular weight is 309 g/mol. The number of fused-ring (bicyclic) bond motifs is 1. The topological polar surface area (TPSA) is 20.2 Å². The van der Waals surface area contributed by atoms with Crippen molar-refractivity contribution in [3.8, 4) is 0 Å². The van der Waals surface area contributed by atoms with Crippen molar-refractivity contribution in [2.24, 2.45) is 17.8 Å². The highest BCUT2D eigenvalue weighted by atomic mass is 79.9. The van der Waals surface area contributed by atoms with Crippen molar-refractivity contribution in [3.05, 3.63) is 32.8 Å². The van der Waals surface area contributed by atoms with Gasteiger partial charge in [0.1, 0.15) is 0 Å². The highest BCUT2D eigenvalue weighted by Crippen LogP contribution is 2.57. The molecule has 0 spiro atoms. The molecule has 3 unspecified atom stereocenters. The van der Waals surface area contributed by atoms with Crippen molar-refractivity contribution in [1.82, 2.24) is 0 Å². The Morgan fingerprint density at radius 1 is 1.11 bits per heavy atom. The highest BCUT2D eigenvalue weighted by Gasteiger charge is 2.48. The zero-order valence-corrected chi connectivity index (χ0v) is 12.9. The maximum absolute atomic E-state index is 10.7. The predicted octanol–water partition coefficient (Wildman–Crippen LogP) is 4.45. The van der Waals surface area contributed by atoms with Gasteiger partial charge in [0.25, 0.3) is 0 Å². The quantitative estimate of drug-likeness (QED) is 0.855. The fourth-order valence-electron chi connectivity index (χ4n) is 3.89. The Morgan fingerprint density at radius 3 is 2.33 bits per heavy atom. The number of aliphatic hydroxyl groups excluding tert-OH is 1. The van der Waals surface area contributed by atoms with E-state index in [1.54, 1.807) is 0 Å². The maximum Gasteiger partial charge on any atom is 0.0823 e. The van der Waals surface area contributed by atoms with Gasteiger partial charge in [0.2, 0.25) is 0 Å². The molecule has 1 aromatic carbocycles. The van der Waals surface area contributed by atoms with Crippen molar-refractivity contribution in [2.45, 2.75) is 46.1 Å². The summed E-state index contributed by atoms with van der Waals surface area (Å²) in [5, 5.41) is 10.7. The normalized spacial score (nSPS) is 31.3. The van der Waals surface area contributed by atoms with Crippen molar-refractivity contribution >= 4 is 15.9 Å². The van der Waals surface area contributed by atoms with E-state index in [0.29, 0.717) is 5.92 Å². The Morgan fingerprint density at radius 2 is 1.72 bits per heavy atom. The first-order valence-corrected chi connectivity index (χ1v) is 7.72. The second-order valence-corrected chi connectivity index (χ2v) is 7.09. The molecule has 2 aliphatic rings. The smallest absolute Gasteiger partial charge is 0.0823 e. The Hall–Kier alpha value is -0.340. The largest absolute Gasteiger partial charge is 0.388 e. The zero-order chi connectivity index (χ0) is 13.0. The number of aliphatic hydroxyl groups is 1. The molecule has 0 radical (unpaired) electrons. The molecule has 0 bridgehead atoms. The van der Waals surface area contributed by atoms with Crippen LogP contribution in [0.25, 0.3) is 0 Å². The molecule has 0 aromatic heterocycles. The van der Waals surface area contributed by atoms with Crippen LogP contribution < -0.4 is 0 Å². The molecule has 1 nitrogen and oxygen atoms in total. The van der Waals surface area contributed by atoms with Gasteiger partial charge in [-0.15, -0.1) is 0 Å². The van der Waals surface area contributed by atoms with Crippen LogP contribution in [0.5, 0.6) is 0 Å². The third-order valence-electron chi connectivity index (χ3n) is 4.96. The van der Waals surface area contributed by atoms with Gasteiger partial charge in [-0.05, 0) is 80.0 Å². The number of hydrogen-bond acceptors (Lipinski definition) is 1. The van der Waals surface area contributed by atoms with Crippen molar-refractivity contribution in [2.75, 3.05) is 0 Å². The van der Waals surface area contributed by atoms with E-state index in [1.165, 1.54) is 41.5 Å². The summed E-state index contributed by atoms with van der Waals surface area (Å²) in [4.78, 5) is 0. The summed E-state index contributed by atoms with van der Waals surface area (Å²) in [5.41, 5.74) is 4.89. The third-order valence-corrected chi connectivity index (χ3v) is 6.18. The monoisotopic (exact) mass is 308 g/mol. The third kappa shape index (κ3) is 1.94. The van der Waals surface area contributed by atoms with E-state index >= 15 is 0 Å². The molecule has 98 valence electrons. The van der Waals surface area contributed by atoms with Crippen molar-refractivity contribution < 1.29 is 5.11 Å². The van der Waals surface area contributed by atoms with Crippen molar-refractivity contribution in [3.63, 3.8) is 0 Å². The first kappa shape index (κ1) is 12.7. The Bertz CT molecular complexity index is 484. The molecule has 3 atom stereocenters. The minimum absolute atomic E-state index is 0.269. The molecule has 2 heteroatoms. The Labute approximate surface area is 118 Å². The van der Waals surface area contributed by atoms with Crippen LogP contribution in [-0.4, -0.2) is 5.11 Å². The van der Waals surface area contributed by atoms with E-state index < -0.39 is 0 Å². The second-order valence-electron chi connectivity index (χ2n) is 6.30. The van der Waals surface area contributed by atoms with Gasteiger partial charge in [-0.25, -0.2) is 0 Å². The van der Waals surface area contributed by atoms with Crippen LogP contribution in [-0.2, 0) is 0 Å². The number of halogens is 1. The van der Waals surface area contributed by atoms with Gasteiger partial charge in [0.05, 0.1) is 6.10 Å². The van der Waals surface area contributed by atoms with Gasteiger partial charge in [-0.1, -0.05) is 22.0 Å². The van der Waals surface area contributed by atoms with Gasteiger partial charge in [0, 0.05) is 4.47 Å². The van der Waals surface area contributed by atoms with Crippen molar-refractivity contribution in [1.29, 1.82) is 0 Å². The summed E-state index contributed by atoms with van der Waals surface area (Å²) < 4.78 is 1.16. The number of benzene rings is 1. The second kappa shape index (κ2) is 4.35. The summed E-state index contributed by atoms with van der Waals surface area (Å²) >= 11 is 3.65. The lowest BCUT2D eigenvalue weighted by Crippen LogP contribution is -2.14. The van der Waals surface area contributed by atoms with Crippen LogP contribution in [0, 0.1) is 38.5 Å². The fourth-order valence-corrected chi connectivity index (χ4v) is 4.21. The van der Waals surface area contributed by atoms with Crippen LogP contribution in [0.1, 0.15) is 47.6 Å². The molecule has 1 N–H and O–H groups in total. The highest BCUT2D eigenvalue weighted by molar-refractivity contribution is 9.10. The average Bonchev–Trinajstić information content (AvgIpc) is 2.93. The molecule has 0 saturated heterocycles. The molecule has 0 aliphatic heterocycles. The lowest BCUT2D eigenvalue weighted by atomic mass is 9.86. The first-order chi connectivity index (χ1) is 8.49. The molecule has 1 aromatic rings. The van der Waals surface area contributed by atoms with Crippen LogP contribution in [0.15, 0.2) is 10.5 Å². The summed E-state index contributed by atoms with van der Waals surface area (Å²) in [6.45, 7) is 6.37. The van der Waals surface area contributed by atoms with Crippen LogP contribution in [0.3, 0.4) is 0 Å². The Kier molecular flexibility index (Phi) is 3.06. The molecule has 2 saturated carbocycles.